The number of nitrogens with zero attached hydrogens (tertiary/aromatic N) is 2. The van der Waals surface area contributed by atoms with E-state index in [1.807, 2.05) is 42.5 Å². The Morgan fingerprint density at radius 2 is 1.61 bits per heavy atom. The normalized spacial score (nSPS) is 21.2. The van der Waals surface area contributed by atoms with Gasteiger partial charge in [-0.2, -0.15) is 4.48 Å². The summed E-state index contributed by atoms with van der Waals surface area (Å²) in [5, 5.41) is 0. The number of anilines is 1. The van der Waals surface area contributed by atoms with Crippen molar-refractivity contribution in [3.8, 4) is 11.1 Å². The van der Waals surface area contributed by atoms with Gasteiger partial charge in [0.2, 0.25) is 0 Å². The fourth-order valence-corrected chi connectivity index (χ4v) is 4.90. The molecule has 3 aromatic carbocycles. The van der Waals surface area contributed by atoms with Crippen molar-refractivity contribution in [3.63, 3.8) is 0 Å². The fourth-order valence-electron chi connectivity index (χ4n) is 4.90. The molecule has 0 aromatic heterocycles. The van der Waals surface area contributed by atoms with Gasteiger partial charge in [0.1, 0.15) is 12.2 Å². The maximum Gasteiger partial charge on any atom is 0.328 e. The Kier molecular flexibility index (Phi) is 5.32. The molecule has 31 heavy (non-hydrogen) atoms. The number of carbonyl (C=O) groups is 1. The van der Waals surface area contributed by atoms with Crippen molar-refractivity contribution < 1.29 is 9.53 Å². The standard InChI is InChI=1S/C26H28N3O2/c27-23-11-10-21(20-6-2-1-3-7-20)18-25(23)29(15-12-28-13-16-31-17-14-28)24-9-5-4-8-22(24)19-26(29)30/h1-11,18H,12-17,19,27H2/q+1. The molecule has 5 rings (SSSR count). The van der Waals surface area contributed by atoms with E-state index in [4.69, 9.17) is 10.5 Å². The number of para-hydroxylation sites is 1. The lowest BCUT2D eigenvalue weighted by Gasteiger charge is -2.35. The van der Waals surface area contributed by atoms with Gasteiger partial charge in [0.15, 0.2) is 5.69 Å². The number of carbonyl (C=O) groups excluding carboxylic acids is 1. The number of hydrogen-bond acceptors (Lipinski definition) is 4. The molecule has 3 aromatic rings. The van der Waals surface area contributed by atoms with Gasteiger partial charge in [0.05, 0.1) is 25.3 Å². The van der Waals surface area contributed by atoms with Crippen molar-refractivity contribution in [2.75, 3.05) is 45.1 Å². The maximum atomic E-state index is 13.7. The third-order valence-electron chi connectivity index (χ3n) is 6.57. The van der Waals surface area contributed by atoms with Crippen LogP contribution in [0.25, 0.3) is 11.1 Å². The van der Waals surface area contributed by atoms with Crippen LogP contribution in [0.4, 0.5) is 17.1 Å². The maximum absolute atomic E-state index is 13.7. The van der Waals surface area contributed by atoms with Gasteiger partial charge in [-0.15, -0.1) is 0 Å². The number of amides is 1. The molecule has 5 nitrogen and oxygen atoms in total. The van der Waals surface area contributed by atoms with E-state index < -0.39 is 0 Å². The number of nitrogens with two attached hydrogens (primary N) is 1. The molecular formula is C26H28N3O2+. The van der Waals surface area contributed by atoms with E-state index in [1.165, 1.54) is 0 Å². The van der Waals surface area contributed by atoms with Gasteiger partial charge in [-0.05, 0) is 17.2 Å². The van der Waals surface area contributed by atoms with E-state index in [0.717, 1.165) is 60.9 Å². The molecule has 1 saturated heterocycles. The molecular weight excluding hydrogens is 386 g/mol. The minimum atomic E-state index is 0.181. The highest BCUT2D eigenvalue weighted by Gasteiger charge is 2.49. The summed E-state index contributed by atoms with van der Waals surface area (Å²) in [4.78, 5) is 16.1. The van der Waals surface area contributed by atoms with Crippen molar-refractivity contribution in [1.82, 2.24) is 9.38 Å². The van der Waals surface area contributed by atoms with E-state index in [2.05, 4.69) is 35.2 Å². The second-order valence-electron chi connectivity index (χ2n) is 8.33. The predicted molar refractivity (Wildman–Crippen MR) is 125 cm³/mol. The summed E-state index contributed by atoms with van der Waals surface area (Å²) in [5.41, 5.74) is 12.4. The number of quaternary nitrogens is 1. The Balaban J connectivity index is 1.62. The van der Waals surface area contributed by atoms with Gasteiger partial charge in [0.25, 0.3) is 0 Å². The van der Waals surface area contributed by atoms with Gasteiger partial charge < -0.3 is 10.5 Å². The highest BCUT2D eigenvalue weighted by molar-refractivity contribution is 6.04. The summed E-state index contributed by atoms with van der Waals surface area (Å²) in [5.74, 6) is 0.186. The highest BCUT2D eigenvalue weighted by Crippen LogP contribution is 2.46. The van der Waals surface area contributed by atoms with Gasteiger partial charge in [-0.1, -0.05) is 54.6 Å². The second kappa shape index (κ2) is 8.27. The van der Waals surface area contributed by atoms with Crippen molar-refractivity contribution in [3.05, 3.63) is 78.4 Å². The van der Waals surface area contributed by atoms with Gasteiger partial charge in [0, 0.05) is 37.3 Å². The first-order chi connectivity index (χ1) is 15.2. The van der Waals surface area contributed by atoms with Crippen LogP contribution in [0.3, 0.4) is 0 Å². The zero-order valence-electron chi connectivity index (χ0n) is 17.7. The van der Waals surface area contributed by atoms with E-state index in [0.29, 0.717) is 18.7 Å². The lowest BCUT2D eigenvalue weighted by molar-refractivity contribution is -0.126. The summed E-state index contributed by atoms with van der Waals surface area (Å²) in [6.45, 7) is 4.77. The molecule has 2 aliphatic heterocycles. The molecule has 1 atom stereocenters. The van der Waals surface area contributed by atoms with Crippen molar-refractivity contribution in [2.45, 2.75) is 6.42 Å². The number of benzene rings is 3. The van der Waals surface area contributed by atoms with Crippen LogP contribution in [0.5, 0.6) is 0 Å². The lowest BCUT2D eigenvalue weighted by atomic mass is 10.0. The smallest absolute Gasteiger partial charge is 0.328 e. The molecule has 5 heteroatoms. The van der Waals surface area contributed by atoms with E-state index >= 15 is 0 Å². The number of morpholine rings is 1. The summed E-state index contributed by atoms with van der Waals surface area (Å²) in [6.07, 6.45) is 0.439. The van der Waals surface area contributed by atoms with E-state index in [1.54, 1.807) is 0 Å². The first-order valence-corrected chi connectivity index (χ1v) is 10.9. The number of nitrogen functional groups attached to an aromatic ring is 1. The third kappa shape index (κ3) is 3.55. The Morgan fingerprint density at radius 1 is 0.871 bits per heavy atom. The number of ether oxygens (including phenoxy) is 1. The summed E-state index contributed by atoms with van der Waals surface area (Å²) in [7, 11) is 0. The highest BCUT2D eigenvalue weighted by atomic mass is 16.5. The summed E-state index contributed by atoms with van der Waals surface area (Å²) >= 11 is 0. The molecule has 0 bridgehead atoms. The molecule has 1 fully saturated rings. The van der Waals surface area contributed by atoms with Crippen LogP contribution in [-0.2, 0) is 16.0 Å². The summed E-state index contributed by atoms with van der Waals surface area (Å²) in [6, 6.07) is 24.6. The van der Waals surface area contributed by atoms with Crippen LogP contribution in [-0.4, -0.2) is 50.2 Å². The molecule has 1 unspecified atom stereocenters. The Labute approximate surface area is 183 Å². The third-order valence-corrected chi connectivity index (χ3v) is 6.57. The minimum absolute atomic E-state index is 0.181. The van der Waals surface area contributed by atoms with Crippen molar-refractivity contribution in [1.29, 1.82) is 0 Å². The number of fused-ring (bicyclic) bond motifs is 1. The molecule has 2 heterocycles. The van der Waals surface area contributed by atoms with Crippen LogP contribution in [0.1, 0.15) is 5.56 Å². The Hall–Kier alpha value is -2.99. The van der Waals surface area contributed by atoms with Crippen molar-refractivity contribution in [2.24, 2.45) is 0 Å². The SMILES string of the molecule is Nc1ccc(-c2ccccc2)cc1[N+]1(CCN2CCOCC2)C(=O)Cc2ccccc21. The predicted octanol–water partition coefficient (Wildman–Crippen LogP) is 3.99. The van der Waals surface area contributed by atoms with Crippen LogP contribution < -0.4 is 10.2 Å². The molecule has 0 radical (unpaired) electrons. The average Bonchev–Trinajstić information content (AvgIpc) is 3.11. The largest absolute Gasteiger partial charge is 0.394 e. The van der Waals surface area contributed by atoms with Gasteiger partial charge in [-0.3, -0.25) is 4.90 Å². The zero-order valence-corrected chi connectivity index (χ0v) is 17.7. The molecule has 1 amide bonds. The monoisotopic (exact) mass is 414 g/mol. The molecule has 2 N–H and O–H groups in total. The first kappa shape index (κ1) is 19.9. The average molecular weight is 415 g/mol. The minimum Gasteiger partial charge on any atom is -0.394 e. The first-order valence-electron chi connectivity index (χ1n) is 10.9. The Bertz CT molecular complexity index is 1090. The number of hydrogen-bond donors (Lipinski definition) is 1. The fraction of sp³-hybridized carbons (Fsp3) is 0.269. The van der Waals surface area contributed by atoms with Crippen LogP contribution in [0.2, 0.25) is 0 Å². The van der Waals surface area contributed by atoms with E-state index in [-0.39, 0.29) is 10.4 Å². The van der Waals surface area contributed by atoms with Gasteiger partial charge in [-0.25, -0.2) is 4.79 Å². The summed E-state index contributed by atoms with van der Waals surface area (Å²) < 4.78 is 5.69. The molecule has 0 aliphatic carbocycles. The van der Waals surface area contributed by atoms with E-state index in [9.17, 15) is 4.79 Å². The number of rotatable bonds is 5. The van der Waals surface area contributed by atoms with Crippen molar-refractivity contribution >= 4 is 23.0 Å². The van der Waals surface area contributed by atoms with Gasteiger partial charge >= 0.3 is 5.91 Å². The Morgan fingerprint density at radius 3 is 2.42 bits per heavy atom. The van der Waals surface area contributed by atoms with Crippen LogP contribution >= 0.6 is 0 Å². The molecule has 2 aliphatic rings. The molecule has 0 spiro atoms. The molecule has 158 valence electrons. The lowest BCUT2D eigenvalue weighted by Crippen LogP contribution is -2.52. The second-order valence-corrected chi connectivity index (χ2v) is 8.33. The van der Waals surface area contributed by atoms with Crippen LogP contribution in [0, 0.1) is 0 Å². The quantitative estimate of drug-likeness (QED) is 0.507. The topological polar surface area (TPSA) is 55.6 Å². The van der Waals surface area contributed by atoms with Crippen LogP contribution in [0.15, 0.2) is 72.8 Å². The zero-order chi connectivity index (χ0) is 21.3. The molecule has 0 saturated carbocycles.